The summed E-state index contributed by atoms with van der Waals surface area (Å²) >= 11 is 0. The Balaban J connectivity index is 1.30. The van der Waals surface area contributed by atoms with Crippen molar-refractivity contribution in [2.24, 2.45) is 11.0 Å². The molecule has 3 saturated heterocycles. The summed E-state index contributed by atoms with van der Waals surface area (Å²) in [6.07, 6.45) is 6.41. The number of likely N-dealkylation sites (tertiary alicyclic amines) is 2. The predicted octanol–water partition coefficient (Wildman–Crippen LogP) is 3.81. The molecule has 4 atom stereocenters. The molecule has 2 amide bonds. The van der Waals surface area contributed by atoms with Crippen LogP contribution in [0.3, 0.4) is 0 Å². The van der Waals surface area contributed by atoms with Gasteiger partial charge in [0.15, 0.2) is 5.78 Å². The summed E-state index contributed by atoms with van der Waals surface area (Å²) in [5, 5.41) is 6.84. The molecular weight excluding hydrogens is 496 g/mol. The van der Waals surface area contributed by atoms with Gasteiger partial charge in [-0.3, -0.25) is 14.4 Å². The first-order valence-corrected chi connectivity index (χ1v) is 14.5. The Morgan fingerprint density at radius 3 is 2.41 bits per heavy atom. The highest BCUT2D eigenvalue weighted by molar-refractivity contribution is 5.99. The van der Waals surface area contributed by atoms with E-state index in [-0.39, 0.29) is 36.7 Å². The molecule has 1 aliphatic carbocycles. The van der Waals surface area contributed by atoms with Crippen molar-refractivity contribution in [1.29, 1.82) is 0 Å². The van der Waals surface area contributed by atoms with Gasteiger partial charge in [-0.2, -0.15) is 0 Å². The molecule has 3 heterocycles. The summed E-state index contributed by atoms with van der Waals surface area (Å²) in [5.41, 5.74) is 10.8. The van der Waals surface area contributed by atoms with Gasteiger partial charge in [-0.1, -0.05) is 36.5 Å². The standard InChI is InChI=1S/C29H40N6O4/c1-18(2)34-14-12-20(13-15-34)19-8-10-22(11-9-19)28(37)31-25(21-6-4-3-5-7-21)29(38)35-16-23(32-33-30)27-26(35)24(36)17-39-27/h8-11,18,20-21,23,25-27H,3-7,12-17H2,1-2H3,(H,31,37)/t23-,25-,26+,27+/m0/s1. The highest BCUT2D eigenvalue weighted by atomic mass is 16.5. The second-order valence-corrected chi connectivity index (χ2v) is 11.8. The third-order valence-electron chi connectivity index (χ3n) is 9.22. The van der Waals surface area contributed by atoms with Crippen LogP contribution in [0.25, 0.3) is 10.4 Å². The molecule has 4 aliphatic rings. The lowest BCUT2D eigenvalue weighted by atomic mass is 9.83. The smallest absolute Gasteiger partial charge is 0.251 e. The molecule has 4 fully saturated rings. The monoisotopic (exact) mass is 536 g/mol. The zero-order valence-corrected chi connectivity index (χ0v) is 23.0. The molecular formula is C29H40N6O4. The van der Waals surface area contributed by atoms with Gasteiger partial charge in [0.1, 0.15) is 18.7 Å². The second-order valence-electron chi connectivity index (χ2n) is 11.8. The number of hydrogen-bond donors (Lipinski definition) is 1. The molecule has 0 radical (unpaired) electrons. The van der Waals surface area contributed by atoms with E-state index in [0.29, 0.717) is 17.5 Å². The molecule has 1 aromatic carbocycles. The maximum atomic E-state index is 13.9. The van der Waals surface area contributed by atoms with Gasteiger partial charge in [0.25, 0.3) is 5.91 Å². The van der Waals surface area contributed by atoms with Crippen molar-refractivity contribution < 1.29 is 19.1 Å². The maximum Gasteiger partial charge on any atom is 0.251 e. The lowest BCUT2D eigenvalue weighted by Gasteiger charge is -2.35. The van der Waals surface area contributed by atoms with Crippen molar-refractivity contribution in [3.05, 3.63) is 45.8 Å². The zero-order valence-electron chi connectivity index (χ0n) is 23.0. The molecule has 1 saturated carbocycles. The van der Waals surface area contributed by atoms with E-state index in [0.717, 1.165) is 58.0 Å². The molecule has 10 nitrogen and oxygen atoms in total. The average molecular weight is 537 g/mol. The first-order valence-electron chi connectivity index (χ1n) is 14.5. The minimum atomic E-state index is -0.766. The number of Topliss-reactive ketones (excluding diaryl/α,β-unsaturated/α-hetero) is 1. The fourth-order valence-corrected chi connectivity index (χ4v) is 6.93. The van der Waals surface area contributed by atoms with E-state index in [9.17, 15) is 14.4 Å². The Morgan fingerprint density at radius 2 is 1.77 bits per heavy atom. The highest BCUT2D eigenvalue weighted by Gasteiger charge is 2.53. The number of ether oxygens (including phenoxy) is 1. The summed E-state index contributed by atoms with van der Waals surface area (Å²) in [5.74, 6) is -0.265. The summed E-state index contributed by atoms with van der Waals surface area (Å²) < 4.78 is 5.59. The third kappa shape index (κ3) is 5.83. The van der Waals surface area contributed by atoms with E-state index in [4.69, 9.17) is 10.3 Å². The Hall–Kier alpha value is -2.94. The van der Waals surface area contributed by atoms with E-state index in [2.05, 4.69) is 34.1 Å². The van der Waals surface area contributed by atoms with Crippen molar-refractivity contribution in [3.8, 4) is 0 Å². The number of azide groups is 1. The fourth-order valence-electron chi connectivity index (χ4n) is 6.93. The lowest BCUT2D eigenvalue weighted by Crippen LogP contribution is -2.55. The molecule has 0 unspecified atom stereocenters. The van der Waals surface area contributed by atoms with Gasteiger partial charge in [-0.05, 0) is 87.7 Å². The van der Waals surface area contributed by atoms with Crippen molar-refractivity contribution >= 4 is 17.6 Å². The van der Waals surface area contributed by atoms with Crippen molar-refractivity contribution in [3.63, 3.8) is 0 Å². The van der Waals surface area contributed by atoms with Crippen molar-refractivity contribution in [2.45, 2.75) is 95.0 Å². The Kier molecular flexibility index (Phi) is 8.54. The van der Waals surface area contributed by atoms with Crippen LogP contribution < -0.4 is 5.32 Å². The molecule has 1 aromatic rings. The fraction of sp³-hybridized carbons (Fsp3) is 0.690. The van der Waals surface area contributed by atoms with Crippen molar-refractivity contribution in [1.82, 2.24) is 15.1 Å². The van der Waals surface area contributed by atoms with Gasteiger partial charge >= 0.3 is 0 Å². The molecule has 5 rings (SSSR count). The SMILES string of the molecule is CC(C)N1CCC(c2ccc(C(=O)N[C@H](C(=O)N3C[C@H](N=[N+]=[N-])[C@H]4OCC(=O)[C@H]43)C3CCCCC3)cc2)CC1. The lowest BCUT2D eigenvalue weighted by molar-refractivity contribution is -0.139. The topological polar surface area (TPSA) is 128 Å². The highest BCUT2D eigenvalue weighted by Crippen LogP contribution is 2.34. The summed E-state index contributed by atoms with van der Waals surface area (Å²) in [7, 11) is 0. The van der Waals surface area contributed by atoms with E-state index in [1.165, 1.54) is 10.5 Å². The van der Waals surface area contributed by atoms with Crippen LogP contribution in [0.15, 0.2) is 29.4 Å². The van der Waals surface area contributed by atoms with Crippen LogP contribution >= 0.6 is 0 Å². The molecule has 0 aromatic heterocycles. The summed E-state index contributed by atoms with van der Waals surface area (Å²) in [6, 6.07) is 6.26. The predicted molar refractivity (Wildman–Crippen MR) is 146 cm³/mol. The van der Waals surface area contributed by atoms with Crippen LogP contribution in [0, 0.1) is 5.92 Å². The molecule has 210 valence electrons. The number of piperidine rings is 1. The van der Waals surface area contributed by atoms with Gasteiger partial charge in [0, 0.05) is 23.1 Å². The average Bonchev–Trinajstić information content (AvgIpc) is 3.52. The molecule has 39 heavy (non-hydrogen) atoms. The van der Waals surface area contributed by atoms with Gasteiger partial charge < -0.3 is 19.9 Å². The molecule has 0 spiro atoms. The number of nitrogens with one attached hydrogen (secondary N) is 1. The van der Waals surface area contributed by atoms with Crippen molar-refractivity contribution in [2.75, 3.05) is 26.2 Å². The number of hydrogen-bond acceptors (Lipinski definition) is 6. The van der Waals surface area contributed by atoms with Crippen LogP contribution in [-0.4, -0.2) is 83.9 Å². The number of nitrogens with zero attached hydrogens (tertiary/aromatic N) is 5. The number of ketones is 1. The maximum absolute atomic E-state index is 13.9. The number of fused-ring (bicyclic) bond motifs is 1. The number of carbonyl (C=O) groups excluding carboxylic acids is 3. The minimum absolute atomic E-state index is 0.00462. The Morgan fingerprint density at radius 1 is 1.08 bits per heavy atom. The normalized spacial score (nSPS) is 27.3. The first kappa shape index (κ1) is 27.6. The molecule has 1 N–H and O–H groups in total. The molecule has 10 heteroatoms. The minimum Gasteiger partial charge on any atom is -0.367 e. The third-order valence-corrected chi connectivity index (χ3v) is 9.22. The first-order chi connectivity index (χ1) is 18.9. The summed E-state index contributed by atoms with van der Waals surface area (Å²) in [4.78, 5) is 46.9. The number of carbonyl (C=O) groups is 3. The van der Waals surface area contributed by atoms with Crippen LogP contribution in [0.5, 0.6) is 0 Å². The molecule has 0 bridgehead atoms. The number of amides is 2. The van der Waals surface area contributed by atoms with E-state index in [1.807, 2.05) is 24.3 Å². The van der Waals surface area contributed by atoms with E-state index >= 15 is 0 Å². The van der Waals surface area contributed by atoms with Gasteiger partial charge in [-0.25, -0.2) is 0 Å². The van der Waals surface area contributed by atoms with Gasteiger partial charge in [0.2, 0.25) is 5.91 Å². The quantitative estimate of drug-likeness (QED) is 0.322. The Bertz CT molecular complexity index is 1100. The summed E-state index contributed by atoms with van der Waals surface area (Å²) in [6.45, 7) is 6.66. The van der Waals surface area contributed by atoms with Gasteiger partial charge in [0.05, 0.1) is 12.1 Å². The van der Waals surface area contributed by atoms with E-state index in [1.54, 1.807) is 0 Å². The number of benzene rings is 1. The largest absolute Gasteiger partial charge is 0.367 e. The van der Waals surface area contributed by atoms with Crippen LogP contribution in [0.2, 0.25) is 0 Å². The van der Waals surface area contributed by atoms with Crippen LogP contribution in [-0.2, 0) is 14.3 Å². The Labute approximate surface area is 230 Å². The van der Waals surface area contributed by atoms with Gasteiger partial charge in [-0.15, -0.1) is 0 Å². The van der Waals surface area contributed by atoms with Crippen LogP contribution in [0.1, 0.15) is 80.6 Å². The second kappa shape index (κ2) is 12.1. The molecule has 3 aliphatic heterocycles. The van der Waals surface area contributed by atoms with E-state index < -0.39 is 24.2 Å². The van der Waals surface area contributed by atoms with Crippen LogP contribution in [0.4, 0.5) is 0 Å². The zero-order chi connectivity index (χ0) is 27.5. The number of rotatable bonds is 7.